The molecule has 0 saturated carbocycles. The van der Waals surface area contributed by atoms with Crippen molar-refractivity contribution in [1.82, 2.24) is 14.7 Å². The lowest BCUT2D eigenvalue weighted by atomic mass is 10.2. The van der Waals surface area contributed by atoms with Crippen LogP contribution in [0.3, 0.4) is 0 Å². The van der Waals surface area contributed by atoms with Crippen LogP contribution in [0.4, 0.5) is 0 Å². The maximum atomic E-state index is 8.99. The minimum Gasteiger partial charge on any atom is -0.395 e. The predicted octanol–water partition coefficient (Wildman–Crippen LogP) is -0.428. The quantitative estimate of drug-likeness (QED) is 0.712. The molecule has 0 spiro atoms. The van der Waals surface area contributed by atoms with Gasteiger partial charge in [-0.3, -0.25) is 9.58 Å². The van der Waals surface area contributed by atoms with E-state index in [1.165, 1.54) is 0 Å². The molecule has 0 fully saturated rings. The largest absolute Gasteiger partial charge is 0.395 e. The van der Waals surface area contributed by atoms with Crippen molar-refractivity contribution in [3.8, 4) is 0 Å². The summed E-state index contributed by atoms with van der Waals surface area (Å²) in [6.07, 6.45) is 0. The first-order valence-corrected chi connectivity index (χ1v) is 5.26. The lowest BCUT2D eigenvalue weighted by Gasteiger charge is -2.33. The van der Waals surface area contributed by atoms with Gasteiger partial charge in [0.1, 0.15) is 0 Å². The highest BCUT2D eigenvalue weighted by atomic mass is 16.3. The smallest absolute Gasteiger partial charge is 0.0882 e. The second kappa shape index (κ2) is 4.30. The summed E-state index contributed by atoms with van der Waals surface area (Å²) in [5.41, 5.74) is 1.84. The molecule has 0 bridgehead atoms. The van der Waals surface area contributed by atoms with E-state index in [1.54, 1.807) is 0 Å². The average Bonchev–Trinajstić information content (AvgIpc) is 2.61. The van der Waals surface area contributed by atoms with Crippen LogP contribution in [0, 0.1) is 0 Å². The van der Waals surface area contributed by atoms with Gasteiger partial charge in [0, 0.05) is 19.1 Å². The van der Waals surface area contributed by atoms with E-state index in [-0.39, 0.29) is 13.2 Å². The first-order chi connectivity index (χ1) is 7.24. The third kappa shape index (κ3) is 2.04. The van der Waals surface area contributed by atoms with Crippen LogP contribution in [0.15, 0.2) is 6.07 Å². The molecule has 0 aromatic carbocycles. The van der Waals surface area contributed by atoms with Crippen LogP contribution < -0.4 is 0 Å². The Hall–Kier alpha value is -0.910. The second-order valence-electron chi connectivity index (χ2n) is 4.01. The molecule has 5 heteroatoms. The zero-order chi connectivity index (χ0) is 10.8. The molecule has 84 valence electrons. The van der Waals surface area contributed by atoms with Crippen LogP contribution in [-0.4, -0.2) is 44.1 Å². The minimum absolute atomic E-state index is 0.00557. The summed E-state index contributed by atoms with van der Waals surface area (Å²) in [5, 5.41) is 22.2. The number of hydrogen-bond donors (Lipinski definition) is 2. The van der Waals surface area contributed by atoms with E-state index in [2.05, 4.69) is 16.9 Å². The second-order valence-corrected chi connectivity index (χ2v) is 4.01. The maximum Gasteiger partial charge on any atom is 0.0882 e. The van der Waals surface area contributed by atoms with Crippen LogP contribution in [-0.2, 0) is 19.7 Å². The fourth-order valence-electron chi connectivity index (χ4n) is 2.04. The van der Waals surface area contributed by atoms with E-state index in [4.69, 9.17) is 10.2 Å². The van der Waals surface area contributed by atoms with Gasteiger partial charge in [0.25, 0.3) is 0 Å². The Morgan fingerprint density at radius 2 is 2.33 bits per heavy atom. The highest BCUT2D eigenvalue weighted by Gasteiger charge is 2.23. The van der Waals surface area contributed by atoms with Gasteiger partial charge in [0.15, 0.2) is 0 Å². The van der Waals surface area contributed by atoms with E-state index < -0.39 is 0 Å². The summed E-state index contributed by atoms with van der Waals surface area (Å²) in [5.74, 6) is 0. The molecule has 1 aliphatic rings. The van der Waals surface area contributed by atoms with Crippen LogP contribution in [0.5, 0.6) is 0 Å². The van der Waals surface area contributed by atoms with Gasteiger partial charge in [0.05, 0.1) is 31.1 Å². The highest BCUT2D eigenvalue weighted by Crippen LogP contribution is 2.17. The fourth-order valence-corrected chi connectivity index (χ4v) is 2.04. The van der Waals surface area contributed by atoms with Crippen molar-refractivity contribution in [2.45, 2.75) is 32.7 Å². The molecule has 1 aromatic heterocycles. The first-order valence-electron chi connectivity index (χ1n) is 5.26. The molecule has 1 aromatic rings. The Kier molecular flexibility index (Phi) is 3.04. The molecule has 2 rings (SSSR count). The monoisotopic (exact) mass is 211 g/mol. The number of nitrogens with zero attached hydrogens (tertiary/aromatic N) is 3. The van der Waals surface area contributed by atoms with Crippen molar-refractivity contribution in [1.29, 1.82) is 0 Å². The molecule has 0 unspecified atom stereocenters. The van der Waals surface area contributed by atoms with Gasteiger partial charge in [-0.2, -0.15) is 5.10 Å². The van der Waals surface area contributed by atoms with Gasteiger partial charge >= 0.3 is 0 Å². The molecule has 2 heterocycles. The van der Waals surface area contributed by atoms with Crippen LogP contribution in [0.1, 0.15) is 18.3 Å². The maximum absolute atomic E-state index is 8.99. The number of aliphatic hydroxyl groups excluding tert-OH is 2. The zero-order valence-electron chi connectivity index (χ0n) is 8.93. The van der Waals surface area contributed by atoms with Crippen LogP contribution >= 0.6 is 0 Å². The number of rotatable bonds is 3. The van der Waals surface area contributed by atoms with E-state index in [0.717, 1.165) is 24.5 Å². The first kappa shape index (κ1) is 10.6. The van der Waals surface area contributed by atoms with E-state index >= 15 is 0 Å². The van der Waals surface area contributed by atoms with E-state index in [0.29, 0.717) is 12.6 Å². The lowest BCUT2D eigenvalue weighted by Crippen LogP contribution is -2.42. The molecular formula is C10H17N3O2. The molecule has 1 aliphatic heterocycles. The number of aliphatic hydroxyl groups is 2. The van der Waals surface area contributed by atoms with Gasteiger partial charge in [0.2, 0.25) is 0 Å². The Bertz CT molecular complexity index is 337. The summed E-state index contributed by atoms with van der Waals surface area (Å²) >= 11 is 0. The van der Waals surface area contributed by atoms with Crippen molar-refractivity contribution in [3.63, 3.8) is 0 Å². The highest BCUT2D eigenvalue weighted by molar-refractivity contribution is 5.11. The van der Waals surface area contributed by atoms with Gasteiger partial charge in [-0.15, -0.1) is 0 Å². The normalized spacial score (nSPS) is 21.7. The fraction of sp³-hybridized carbons (Fsp3) is 0.700. The molecule has 0 aliphatic carbocycles. The molecule has 0 amide bonds. The number of β-amino-alcohol motifs (C(OH)–C–C–N with tert-alkyl or cyclic N) is 1. The van der Waals surface area contributed by atoms with Gasteiger partial charge < -0.3 is 10.2 Å². The Morgan fingerprint density at radius 1 is 1.53 bits per heavy atom. The zero-order valence-corrected chi connectivity index (χ0v) is 8.93. The lowest BCUT2D eigenvalue weighted by molar-refractivity contribution is 0.114. The molecule has 5 nitrogen and oxygen atoms in total. The Morgan fingerprint density at radius 3 is 3.00 bits per heavy atom. The topological polar surface area (TPSA) is 61.5 Å². The summed E-state index contributed by atoms with van der Waals surface area (Å²) < 4.78 is 1.95. The number of aromatic nitrogens is 2. The molecule has 15 heavy (non-hydrogen) atoms. The van der Waals surface area contributed by atoms with Crippen LogP contribution in [0.2, 0.25) is 0 Å². The predicted molar refractivity (Wildman–Crippen MR) is 55.1 cm³/mol. The SMILES string of the molecule is C[C@@H]1Cn2nc(CO)cc2CN1CCO. The Labute approximate surface area is 88.9 Å². The van der Waals surface area contributed by atoms with E-state index in [9.17, 15) is 0 Å². The van der Waals surface area contributed by atoms with Gasteiger partial charge in [-0.25, -0.2) is 0 Å². The standard InChI is InChI=1S/C10H17N3O2/c1-8-5-13-10(4-9(7-15)11-13)6-12(8)2-3-14/h4,8,14-15H,2-3,5-7H2,1H3/t8-/m1/s1. The molecule has 0 radical (unpaired) electrons. The summed E-state index contributed by atoms with van der Waals surface area (Å²) in [7, 11) is 0. The van der Waals surface area contributed by atoms with Crippen molar-refractivity contribution >= 4 is 0 Å². The number of fused-ring (bicyclic) bond motifs is 1. The third-order valence-electron chi connectivity index (χ3n) is 2.89. The average molecular weight is 211 g/mol. The van der Waals surface area contributed by atoms with Crippen molar-refractivity contribution in [2.75, 3.05) is 13.2 Å². The molecule has 1 atom stereocenters. The van der Waals surface area contributed by atoms with Crippen LogP contribution in [0.25, 0.3) is 0 Å². The molecule has 2 N–H and O–H groups in total. The van der Waals surface area contributed by atoms with Crippen molar-refractivity contribution in [2.24, 2.45) is 0 Å². The summed E-state index contributed by atoms with van der Waals surface area (Å²) in [6, 6.07) is 2.31. The number of hydrogen-bond acceptors (Lipinski definition) is 4. The van der Waals surface area contributed by atoms with Crippen molar-refractivity contribution in [3.05, 3.63) is 17.5 Å². The van der Waals surface area contributed by atoms with Gasteiger partial charge in [-0.1, -0.05) is 0 Å². The third-order valence-corrected chi connectivity index (χ3v) is 2.89. The Balaban J connectivity index is 2.16. The minimum atomic E-state index is -0.00557. The summed E-state index contributed by atoms with van der Waals surface area (Å²) in [4.78, 5) is 2.22. The van der Waals surface area contributed by atoms with Crippen molar-refractivity contribution < 1.29 is 10.2 Å². The van der Waals surface area contributed by atoms with E-state index in [1.807, 2.05) is 10.7 Å². The molecule has 0 saturated heterocycles. The van der Waals surface area contributed by atoms with Gasteiger partial charge in [-0.05, 0) is 13.0 Å². The summed E-state index contributed by atoms with van der Waals surface area (Å²) in [6.45, 7) is 4.63. The molecular weight excluding hydrogens is 194 g/mol.